The maximum Gasteiger partial charge on any atom is 0.278 e. The minimum atomic E-state index is -0.799. The van der Waals surface area contributed by atoms with E-state index in [-0.39, 0.29) is 11.6 Å². The Kier molecular flexibility index (Phi) is 3.42. The number of carbonyl (C=O) groups excluding carboxylic acids is 3. The second kappa shape index (κ2) is 5.62. The molecule has 0 saturated carbocycles. The summed E-state index contributed by atoms with van der Waals surface area (Å²) in [5.41, 5.74) is 2.37. The van der Waals surface area contributed by atoms with Crippen LogP contribution in [0.2, 0.25) is 0 Å². The van der Waals surface area contributed by atoms with Crippen molar-refractivity contribution >= 4 is 34.3 Å². The monoisotopic (exact) mass is 336 g/mol. The number of nitrogens with zero attached hydrogens (tertiary/aromatic N) is 1. The Morgan fingerprint density at radius 3 is 2.84 bits per heavy atom. The highest BCUT2D eigenvalue weighted by molar-refractivity contribution is 6.19. The molecular formula is C18H16N4O3. The normalized spacial score (nSPS) is 20.9. The summed E-state index contributed by atoms with van der Waals surface area (Å²) in [5.74, 6) is -1.36. The average molecular weight is 336 g/mol. The van der Waals surface area contributed by atoms with E-state index in [0.717, 1.165) is 15.8 Å². The van der Waals surface area contributed by atoms with Crippen LogP contribution in [0.15, 0.2) is 54.5 Å². The van der Waals surface area contributed by atoms with Gasteiger partial charge in [0, 0.05) is 29.2 Å². The van der Waals surface area contributed by atoms with Gasteiger partial charge < -0.3 is 15.6 Å². The summed E-state index contributed by atoms with van der Waals surface area (Å²) in [6, 6.07) is 6.74. The molecule has 1 aromatic heterocycles. The predicted molar refractivity (Wildman–Crippen MR) is 92.2 cm³/mol. The van der Waals surface area contributed by atoms with Crippen molar-refractivity contribution in [3.05, 3.63) is 54.5 Å². The van der Waals surface area contributed by atoms with Crippen molar-refractivity contribution in [2.75, 3.05) is 5.32 Å². The molecule has 0 bridgehead atoms. The van der Waals surface area contributed by atoms with Crippen LogP contribution in [0.4, 0.5) is 5.69 Å². The molecule has 1 unspecified atom stereocenters. The van der Waals surface area contributed by atoms with Crippen molar-refractivity contribution in [1.82, 2.24) is 15.2 Å². The molecule has 2 aromatic rings. The summed E-state index contributed by atoms with van der Waals surface area (Å²) in [6.07, 6.45) is 3.99. The van der Waals surface area contributed by atoms with Gasteiger partial charge in [-0.15, -0.1) is 0 Å². The molecule has 1 saturated heterocycles. The summed E-state index contributed by atoms with van der Waals surface area (Å²) in [5, 5.41) is 6.63. The van der Waals surface area contributed by atoms with Crippen LogP contribution in [0.3, 0.4) is 0 Å². The first-order valence-electron chi connectivity index (χ1n) is 7.95. The van der Waals surface area contributed by atoms with E-state index in [1.54, 1.807) is 0 Å². The molecule has 0 aliphatic carbocycles. The van der Waals surface area contributed by atoms with Gasteiger partial charge in [0.1, 0.15) is 11.7 Å². The molecular weight excluding hydrogens is 320 g/mol. The lowest BCUT2D eigenvalue weighted by Crippen LogP contribution is -2.52. The van der Waals surface area contributed by atoms with Gasteiger partial charge in [0.15, 0.2) is 0 Å². The molecule has 3 N–H and O–H groups in total. The largest absolute Gasteiger partial charge is 0.361 e. The number of allylic oxidation sites excluding steroid dienone is 1. The van der Waals surface area contributed by atoms with E-state index >= 15 is 0 Å². The lowest BCUT2D eigenvalue weighted by atomic mass is 10.0. The fraction of sp³-hybridized carbons (Fsp3) is 0.167. The Bertz CT molecular complexity index is 956. The fourth-order valence-electron chi connectivity index (χ4n) is 3.16. The standard InChI is InChI=1S/C18H16N4O3/c1-10-2-5-15(17(24)20-10)22-16(23)9-14(18(22)25)21-12-4-3-11-6-7-19-13(11)8-12/h3-4,6-9,15,19,21H,1-2,5H2,(H,20,24). The van der Waals surface area contributed by atoms with Crippen LogP contribution in [0.1, 0.15) is 12.8 Å². The van der Waals surface area contributed by atoms with Crippen LogP contribution in [-0.4, -0.2) is 33.6 Å². The smallest absolute Gasteiger partial charge is 0.278 e. The fourth-order valence-corrected chi connectivity index (χ4v) is 3.16. The van der Waals surface area contributed by atoms with Crippen molar-refractivity contribution in [1.29, 1.82) is 0 Å². The van der Waals surface area contributed by atoms with Gasteiger partial charge in [-0.05, 0) is 36.4 Å². The van der Waals surface area contributed by atoms with Crippen LogP contribution in [0.25, 0.3) is 10.9 Å². The molecule has 2 aliphatic rings. The lowest BCUT2D eigenvalue weighted by Gasteiger charge is -2.29. The zero-order chi connectivity index (χ0) is 17.6. The topological polar surface area (TPSA) is 94.3 Å². The van der Waals surface area contributed by atoms with Gasteiger partial charge in [-0.1, -0.05) is 12.6 Å². The van der Waals surface area contributed by atoms with E-state index in [0.29, 0.717) is 24.2 Å². The Hall–Kier alpha value is -3.35. The Labute approximate surface area is 143 Å². The third-order valence-electron chi connectivity index (χ3n) is 4.42. The van der Waals surface area contributed by atoms with Crippen molar-refractivity contribution in [2.45, 2.75) is 18.9 Å². The number of aromatic nitrogens is 1. The molecule has 25 heavy (non-hydrogen) atoms. The van der Waals surface area contributed by atoms with Crippen LogP contribution >= 0.6 is 0 Å². The molecule has 7 nitrogen and oxygen atoms in total. The summed E-state index contributed by atoms with van der Waals surface area (Å²) >= 11 is 0. The molecule has 3 amide bonds. The number of piperidine rings is 1. The van der Waals surface area contributed by atoms with Crippen LogP contribution in [-0.2, 0) is 14.4 Å². The van der Waals surface area contributed by atoms with E-state index < -0.39 is 17.9 Å². The van der Waals surface area contributed by atoms with Crippen molar-refractivity contribution in [3.8, 4) is 0 Å². The van der Waals surface area contributed by atoms with Gasteiger partial charge >= 0.3 is 0 Å². The maximum atomic E-state index is 12.6. The summed E-state index contributed by atoms with van der Waals surface area (Å²) in [6.45, 7) is 3.71. The van der Waals surface area contributed by atoms with Gasteiger partial charge in [-0.25, -0.2) is 0 Å². The predicted octanol–water partition coefficient (Wildman–Crippen LogP) is 1.62. The lowest BCUT2D eigenvalue weighted by molar-refractivity contribution is -0.146. The van der Waals surface area contributed by atoms with E-state index in [2.05, 4.69) is 22.2 Å². The number of H-pyrrole nitrogens is 1. The number of benzene rings is 1. The van der Waals surface area contributed by atoms with Crippen LogP contribution < -0.4 is 10.6 Å². The number of carbonyl (C=O) groups is 3. The molecule has 3 heterocycles. The maximum absolute atomic E-state index is 12.6. The Balaban J connectivity index is 1.54. The molecule has 1 aromatic carbocycles. The van der Waals surface area contributed by atoms with Gasteiger partial charge in [0.05, 0.1) is 0 Å². The quantitative estimate of drug-likeness (QED) is 0.743. The molecule has 4 rings (SSSR count). The minimum absolute atomic E-state index is 0.160. The molecule has 0 spiro atoms. The number of rotatable bonds is 3. The molecule has 1 fully saturated rings. The first kappa shape index (κ1) is 15.2. The number of hydrogen-bond donors (Lipinski definition) is 3. The van der Waals surface area contributed by atoms with Gasteiger partial charge in [0.2, 0.25) is 5.91 Å². The van der Waals surface area contributed by atoms with E-state index in [1.165, 1.54) is 6.08 Å². The third-order valence-corrected chi connectivity index (χ3v) is 4.42. The highest BCUT2D eigenvalue weighted by atomic mass is 16.2. The second-order valence-electron chi connectivity index (χ2n) is 6.12. The molecule has 0 radical (unpaired) electrons. The zero-order valence-electron chi connectivity index (χ0n) is 13.3. The minimum Gasteiger partial charge on any atom is -0.361 e. The average Bonchev–Trinajstić information content (AvgIpc) is 3.13. The third kappa shape index (κ3) is 2.59. The number of aromatic amines is 1. The van der Waals surface area contributed by atoms with Gasteiger partial charge in [-0.3, -0.25) is 19.3 Å². The number of nitrogens with one attached hydrogen (secondary N) is 3. The van der Waals surface area contributed by atoms with Gasteiger partial charge in [0.25, 0.3) is 11.8 Å². The zero-order valence-corrected chi connectivity index (χ0v) is 13.3. The molecule has 7 heteroatoms. The highest BCUT2D eigenvalue weighted by Crippen LogP contribution is 2.25. The molecule has 1 atom stereocenters. The van der Waals surface area contributed by atoms with Gasteiger partial charge in [-0.2, -0.15) is 0 Å². The van der Waals surface area contributed by atoms with E-state index in [1.807, 2.05) is 30.5 Å². The highest BCUT2D eigenvalue weighted by Gasteiger charge is 2.41. The number of hydrogen-bond acceptors (Lipinski definition) is 4. The SMILES string of the molecule is C=C1CCC(N2C(=O)C=C(Nc3ccc4cc[nH]c4c3)C2=O)C(=O)N1. The molecule has 2 aliphatic heterocycles. The van der Waals surface area contributed by atoms with Crippen molar-refractivity contribution in [2.24, 2.45) is 0 Å². The molecule has 126 valence electrons. The van der Waals surface area contributed by atoms with Crippen LogP contribution in [0.5, 0.6) is 0 Å². The van der Waals surface area contributed by atoms with E-state index in [9.17, 15) is 14.4 Å². The number of imide groups is 1. The first-order chi connectivity index (χ1) is 12.0. The summed E-state index contributed by atoms with van der Waals surface area (Å²) in [4.78, 5) is 41.1. The van der Waals surface area contributed by atoms with Crippen LogP contribution in [0, 0.1) is 0 Å². The Morgan fingerprint density at radius 1 is 1.20 bits per heavy atom. The second-order valence-corrected chi connectivity index (χ2v) is 6.12. The first-order valence-corrected chi connectivity index (χ1v) is 7.95. The van der Waals surface area contributed by atoms with E-state index in [4.69, 9.17) is 0 Å². The van der Waals surface area contributed by atoms with Crippen molar-refractivity contribution in [3.63, 3.8) is 0 Å². The number of amides is 3. The summed E-state index contributed by atoms with van der Waals surface area (Å²) < 4.78 is 0. The summed E-state index contributed by atoms with van der Waals surface area (Å²) in [7, 11) is 0. The van der Waals surface area contributed by atoms with Crippen molar-refractivity contribution < 1.29 is 14.4 Å². The number of anilines is 1. The number of fused-ring (bicyclic) bond motifs is 1. The Morgan fingerprint density at radius 2 is 2.04 bits per heavy atom.